The van der Waals surface area contributed by atoms with Crippen LogP contribution in [0.2, 0.25) is 0 Å². The van der Waals surface area contributed by atoms with Crippen molar-refractivity contribution in [1.82, 2.24) is 10.6 Å². The van der Waals surface area contributed by atoms with Gasteiger partial charge in [-0.05, 0) is 32.4 Å². The van der Waals surface area contributed by atoms with Crippen molar-refractivity contribution in [2.75, 3.05) is 39.1 Å². The second-order valence-corrected chi connectivity index (χ2v) is 5.81. The Morgan fingerprint density at radius 1 is 1.18 bits per heavy atom. The smallest absolute Gasteiger partial charge is 0.191 e. The minimum Gasteiger partial charge on any atom is -0.382 e. The highest BCUT2D eigenvalue weighted by atomic mass is 127. The largest absolute Gasteiger partial charge is 0.382 e. The van der Waals surface area contributed by atoms with Crippen LogP contribution in [0, 0.1) is 6.92 Å². The summed E-state index contributed by atoms with van der Waals surface area (Å²) in [5.41, 5.74) is 1.30. The van der Waals surface area contributed by atoms with Gasteiger partial charge in [0.2, 0.25) is 0 Å². The molecule has 0 spiro atoms. The minimum absolute atomic E-state index is 0. The molecule has 6 heteroatoms. The molecule has 0 saturated carbocycles. The fourth-order valence-electron chi connectivity index (χ4n) is 1.72. The molecule has 0 atom stereocenters. The number of aliphatic imine (C=N–C) groups is 1. The maximum absolute atomic E-state index is 5.30. The molecule has 0 radical (unpaired) electrons. The molecule has 0 fully saturated rings. The van der Waals surface area contributed by atoms with Gasteiger partial charge in [0.1, 0.15) is 0 Å². The van der Waals surface area contributed by atoms with Crippen molar-refractivity contribution in [2.45, 2.75) is 25.2 Å². The summed E-state index contributed by atoms with van der Waals surface area (Å²) in [6.07, 6.45) is 0.993. The Labute approximate surface area is 155 Å². The van der Waals surface area contributed by atoms with Crippen LogP contribution in [0.1, 0.15) is 18.9 Å². The van der Waals surface area contributed by atoms with E-state index in [0.29, 0.717) is 0 Å². The van der Waals surface area contributed by atoms with Crippen LogP contribution >= 0.6 is 35.7 Å². The Hall–Kier alpha value is -0.470. The van der Waals surface area contributed by atoms with Gasteiger partial charge in [-0.25, -0.2) is 0 Å². The molecular formula is C16H28IN3OS. The number of guanidine groups is 1. The molecule has 0 bridgehead atoms. The zero-order valence-corrected chi connectivity index (χ0v) is 16.9. The van der Waals surface area contributed by atoms with E-state index in [0.717, 1.165) is 44.4 Å². The van der Waals surface area contributed by atoms with E-state index in [1.54, 1.807) is 7.05 Å². The number of aryl methyl sites for hydroxylation is 1. The molecular weight excluding hydrogens is 409 g/mol. The van der Waals surface area contributed by atoms with Gasteiger partial charge < -0.3 is 15.4 Å². The number of halogens is 1. The lowest BCUT2D eigenvalue weighted by Gasteiger charge is -2.11. The van der Waals surface area contributed by atoms with Gasteiger partial charge in [0.15, 0.2) is 5.96 Å². The first-order valence-electron chi connectivity index (χ1n) is 7.48. The van der Waals surface area contributed by atoms with Gasteiger partial charge in [-0.1, -0.05) is 17.7 Å². The lowest BCUT2D eigenvalue weighted by Crippen LogP contribution is -2.39. The quantitative estimate of drug-likeness (QED) is 0.205. The summed E-state index contributed by atoms with van der Waals surface area (Å²) in [5.74, 6) is 1.87. The Balaban J connectivity index is 0.00000441. The van der Waals surface area contributed by atoms with Gasteiger partial charge in [0, 0.05) is 44.0 Å². The van der Waals surface area contributed by atoms with Crippen molar-refractivity contribution >= 4 is 41.7 Å². The van der Waals surface area contributed by atoms with Crippen molar-refractivity contribution in [3.05, 3.63) is 29.8 Å². The molecule has 1 aromatic carbocycles. The summed E-state index contributed by atoms with van der Waals surface area (Å²) >= 11 is 1.85. The van der Waals surface area contributed by atoms with Gasteiger partial charge in [-0.3, -0.25) is 4.99 Å². The molecule has 4 nitrogen and oxygen atoms in total. The van der Waals surface area contributed by atoms with E-state index in [4.69, 9.17) is 4.74 Å². The van der Waals surface area contributed by atoms with Gasteiger partial charge in [0.05, 0.1) is 0 Å². The molecule has 126 valence electrons. The first-order chi connectivity index (χ1) is 10.3. The number of hydrogen-bond acceptors (Lipinski definition) is 3. The zero-order chi connectivity index (χ0) is 15.3. The van der Waals surface area contributed by atoms with Crippen LogP contribution in [0.3, 0.4) is 0 Å². The Kier molecular flexibility index (Phi) is 13.8. The number of ether oxygens (including phenoxy) is 1. The molecule has 0 aliphatic carbocycles. The van der Waals surface area contributed by atoms with Crippen molar-refractivity contribution in [3.63, 3.8) is 0 Å². The molecule has 0 aliphatic rings. The second kappa shape index (κ2) is 14.1. The molecule has 1 aromatic rings. The predicted octanol–water partition coefficient (Wildman–Crippen LogP) is 3.30. The monoisotopic (exact) mass is 437 g/mol. The fraction of sp³-hybridized carbons (Fsp3) is 0.562. The SMILES string of the molecule is CCOCCCNC(=NC)NCCSc1ccc(C)cc1.I. The molecule has 22 heavy (non-hydrogen) atoms. The standard InChI is InChI=1S/C16H27N3OS.HI/c1-4-20-12-5-10-18-16(17-3)19-11-13-21-15-8-6-14(2)7-9-15;/h6-9H,4-5,10-13H2,1-3H3,(H2,17,18,19);1H. The number of nitrogens with zero attached hydrogens (tertiary/aromatic N) is 1. The van der Waals surface area contributed by atoms with Crippen molar-refractivity contribution in [1.29, 1.82) is 0 Å². The van der Waals surface area contributed by atoms with Crippen LogP contribution in [-0.4, -0.2) is 45.1 Å². The Morgan fingerprint density at radius 3 is 2.50 bits per heavy atom. The first kappa shape index (κ1) is 21.5. The topological polar surface area (TPSA) is 45.6 Å². The molecule has 0 unspecified atom stereocenters. The third-order valence-electron chi connectivity index (χ3n) is 2.87. The van der Waals surface area contributed by atoms with Crippen molar-refractivity contribution in [2.24, 2.45) is 4.99 Å². The summed E-state index contributed by atoms with van der Waals surface area (Å²) in [7, 11) is 1.80. The van der Waals surface area contributed by atoms with Crippen LogP contribution < -0.4 is 10.6 Å². The molecule has 0 heterocycles. The molecule has 2 N–H and O–H groups in total. The van der Waals surface area contributed by atoms with Crippen LogP contribution in [-0.2, 0) is 4.74 Å². The second-order valence-electron chi connectivity index (χ2n) is 4.64. The highest BCUT2D eigenvalue weighted by Gasteiger charge is 1.98. The van der Waals surface area contributed by atoms with E-state index in [1.807, 2.05) is 18.7 Å². The van der Waals surface area contributed by atoms with E-state index in [9.17, 15) is 0 Å². The van der Waals surface area contributed by atoms with Gasteiger partial charge in [-0.15, -0.1) is 35.7 Å². The van der Waals surface area contributed by atoms with E-state index in [1.165, 1.54) is 10.5 Å². The third kappa shape index (κ3) is 10.3. The highest BCUT2D eigenvalue weighted by molar-refractivity contribution is 14.0. The number of thioether (sulfide) groups is 1. The third-order valence-corrected chi connectivity index (χ3v) is 3.88. The maximum atomic E-state index is 5.30. The summed E-state index contributed by atoms with van der Waals surface area (Å²) in [4.78, 5) is 5.51. The summed E-state index contributed by atoms with van der Waals surface area (Å²) in [5, 5.41) is 6.60. The lowest BCUT2D eigenvalue weighted by atomic mass is 10.2. The predicted molar refractivity (Wildman–Crippen MR) is 108 cm³/mol. The lowest BCUT2D eigenvalue weighted by molar-refractivity contribution is 0.145. The molecule has 0 saturated heterocycles. The highest BCUT2D eigenvalue weighted by Crippen LogP contribution is 2.17. The number of benzene rings is 1. The summed E-state index contributed by atoms with van der Waals surface area (Å²) in [6.45, 7) is 7.47. The Bertz CT molecular complexity index is 412. The fourth-order valence-corrected chi connectivity index (χ4v) is 2.49. The van der Waals surface area contributed by atoms with E-state index >= 15 is 0 Å². The number of hydrogen-bond donors (Lipinski definition) is 2. The van der Waals surface area contributed by atoms with Gasteiger partial charge >= 0.3 is 0 Å². The van der Waals surface area contributed by atoms with Crippen molar-refractivity contribution in [3.8, 4) is 0 Å². The average Bonchev–Trinajstić information content (AvgIpc) is 2.51. The summed E-state index contributed by atoms with van der Waals surface area (Å²) in [6, 6.07) is 8.63. The summed E-state index contributed by atoms with van der Waals surface area (Å²) < 4.78 is 5.30. The van der Waals surface area contributed by atoms with E-state index in [2.05, 4.69) is 46.8 Å². The zero-order valence-electron chi connectivity index (χ0n) is 13.7. The maximum Gasteiger partial charge on any atom is 0.191 e. The average molecular weight is 437 g/mol. The Morgan fingerprint density at radius 2 is 1.86 bits per heavy atom. The van der Waals surface area contributed by atoms with E-state index < -0.39 is 0 Å². The van der Waals surface area contributed by atoms with Crippen molar-refractivity contribution < 1.29 is 4.74 Å². The van der Waals surface area contributed by atoms with Crippen LogP contribution in [0.15, 0.2) is 34.2 Å². The molecule has 0 amide bonds. The molecule has 1 rings (SSSR count). The number of rotatable bonds is 9. The molecule has 0 aliphatic heterocycles. The van der Waals surface area contributed by atoms with Crippen LogP contribution in [0.5, 0.6) is 0 Å². The van der Waals surface area contributed by atoms with Gasteiger partial charge in [0.25, 0.3) is 0 Å². The first-order valence-corrected chi connectivity index (χ1v) is 8.46. The van der Waals surface area contributed by atoms with E-state index in [-0.39, 0.29) is 24.0 Å². The number of nitrogens with one attached hydrogen (secondary N) is 2. The van der Waals surface area contributed by atoms with Gasteiger partial charge in [-0.2, -0.15) is 0 Å². The minimum atomic E-state index is 0. The van der Waals surface area contributed by atoms with Crippen LogP contribution in [0.25, 0.3) is 0 Å². The van der Waals surface area contributed by atoms with Crippen LogP contribution in [0.4, 0.5) is 0 Å². The normalized spacial score (nSPS) is 11.0. The molecule has 0 aromatic heterocycles.